The minimum absolute atomic E-state index is 0.0308. The van der Waals surface area contributed by atoms with Crippen molar-refractivity contribution in [2.24, 2.45) is 0 Å². The maximum absolute atomic E-state index is 10.8. The molecule has 0 radical (unpaired) electrons. The summed E-state index contributed by atoms with van der Waals surface area (Å²) < 4.78 is 0. The number of aromatic nitrogens is 1. The number of aromatic amines is 1. The first-order valence-electron chi connectivity index (χ1n) is 4.28. The molecule has 0 spiro atoms. The molecule has 1 atom stereocenters. The summed E-state index contributed by atoms with van der Waals surface area (Å²) >= 11 is 0. The van der Waals surface area contributed by atoms with Gasteiger partial charge in [-0.2, -0.15) is 0 Å². The van der Waals surface area contributed by atoms with Crippen molar-refractivity contribution < 1.29 is 0 Å². The van der Waals surface area contributed by atoms with Gasteiger partial charge in [0.2, 0.25) is 5.56 Å². The van der Waals surface area contributed by atoms with E-state index in [0.29, 0.717) is 6.04 Å². The Morgan fingerprint density at radius 3 is 2.92 bits per heavy atom. The lowest BCUT2D eigenvalue weighted by atomic mass is 10.1. The average Bonchev–Trinajstić information content (AvgIpc) is 2.58. The zero-order chi connectivity index (χ0) is 8.39. The van der Waals surface area contributed by atoms with E-state index in [9.17, 15) is 4.79 Å². The summed E-state index contributed by atoms with van der Waals surface area (Å²) in [5.74, 6) is 0. The largest absolute Gasteiger partial charge is 0.329 e. The number of hydrogen-bond donors (Lipinski definition) is 2. The molecule has 2 rings (SSSR count). The third kappa shape index (κ3) is 1.41. The van der Waals surface area contributed by atoms with Crippen molar-refractivity contribution in [3.63, 3.8) is 0 Å². The van der Waals surface area contributed by atoms with Gasteiger partial charge in [-0.25, -0.2) is 0 Å². The normalized spacial score (nSPS) is 22.8. The number of pyridine rings is 1. The first-order valence-corrected chi connectivity index (χ1v) is 4.28. The van der Waals surface area contributed by atoms with Crippen molar-refractivity contribution in [2.45, 2.75) is 18.9 Å². The SMILES string of the molecule is O=c1ccc([C@@H]2CCCN2)c[nH]1. The van der Waals surface area contributed by atoms with Crippen molar-refractivity contribution in [2.75, 3.05) is 6.54 Å². The Bertz CT molecular complexity index is 292. The van der Waals surface area contributed by atoms with Crippen LogP contribution in [0.15, 0.2) is 23.1 Å². The summed E-state index contributed by atoms with van der Waals surface area (Å²) in [6.45, 7) is 1.09. The summed E-state index contributed by atoms with van der Waals surface area (Å²) in [6, 6.07) is 3.92. The summed E-state index contributed by atoms with van der Waals surface area (Å²) in [4.78, 5) is 13.4. The second-order valence-electron chi connectivity index (χ2n) is 3.14. The van der Waals surface area contributed by atoms with E-state index in [2.05, 4.69) is 10.3 Å². The van der Waals surface area contributed by atoms with Crippen LogP contribution in [-0.2, 0) is 0 Å². The Morgan fingerprint density at radius 1 is 1.42 bits per heavy atom. The van der Waals surface area contributed by atoms with Crippen molar-refractivity contribution in [1.29, 1.82) is 0 Å². The Hall–Kier alpha value is -1.09. The zero-order valence-corrected chi connectivity index (χ0v) is 6.84. The molecule has 64 valence electrons. The van der Waals surface area contributed by atoms with E-state index >= 15 is 0 Å². The van der Waals surface area contributed by atoms with Gasteiger partial charge in [0.05, 0.1) is 0 Å². The average molecular weight is 164 g/mol. The van der Waals surface area contributed by atoms with E-state index in [1.165, 1.54) is 18.4 Å². The number of hydrogen-bond acceptors (Lipinski definition) is 2. The molecule has 2 heterocycles. The molecule has 0 amide bonds. The number of rotatable bonds is 1. The molecule has 1 aliphatic rings. The van der Waals surface area contributed by atoms with E-state index < -0.39 is 0 Å². The van der Waals surface area contributed by atoms with E-state index in [-0.39, 0.29) is 5.56 Å². The fraction of sp³-hybridized carbons (Fsp3) is 0.444. The second kappa shape index (κ2) is 3.11. The number of nitrogens with one attached hydrogen (secondary N) is 2. The molecule has 3 nitrogen and oxygen atoms in total. The predicted molar refractivity (Wildman–Crippen MR) is 47.0 cm³/mol. The first kappa shape index (κ1) is 7.55. The summed E-state index contributed by atoms with van der Waals surface area (Å²) in [7, 11) is 0. The van der Waals surface area contributed by atoms with Crippen LogP contribution in [0.3, 0.4) is 0 Å². The highest BCUT2D eigenvalue weighted by Crippen LogP contribution is 2.20. The molecule has 0 saturated carbocycles. The third-order valence-corrected chi connectivity index (χ3v) is 2.27. The van der Waals surface area contributed by atoms with Crippen molar-refractivity contribution in [1.82, 2.24) is 10.3 Å². The zero-order valence-electron chi connectivity index (χ0n) is 6.84. The molecule has 0 bridgehead atoms. The number of H-pyrrole nitrogens is 1. The topological polar surface area (TPSA) is 44.9 Å². The molecule has 1 aromatic rings. The highest BCUT2D eigenvalue weighted by atomic mass is 16.1. The van der Waals surface area contributed by atoms with Crippen LogP contribution in [0.2, 0.25) is 0 Å². The molecule has 0 aliphatic carbocycles. The Kier molecular flexibility index (Phi) is 1.96. The van der Waals surface area contributed by atoms with Gasteiger partial charge in [0.25, 0.3) is 0 Å². The van der Waals surface area contributed by atoms with Gasteiger partial charge in [0.15, 0.2) is 0 Å². The van der Waals surface area contributed by atoms with Crippen LogP contribution in [-0.4, -0.2) is 11.5 Å². The van der Waals surface area contributed by atoms with Crippen LogP contribution in [0, 0.1) is 0 Å². The van der Waals surface area contributed by atoms with Crippen LogP contribution in [0.4, 0.5) is 0 Å². The second-order valence-corrected chi connectivity index (χ2v) is 3.14. The van der Waals surface area contributed by atoms with E-state index in [0.717, 1.165) is 6.54 Å². The van der Waals surface area contributed by atoms with Crippen molar-refractivity contribution >= 4 is 0 Å². The Balaban J connectivity index is 2.22. The molecule has 3 heteroatoms. The Morgan fingerprint density at radius 2 is 2.33 bits per heavy atom. The van der Waals surface area contributed by atoms with Gasteiger partial charge in [-0.1, -0.05) is 6.07 Å². The summed E-state index contributed by atoms with van der Waals surface area (Å²) in [5, 5.41) is 3.37. The van der Waals surface area contributed by atoms with E-state index in [1.54, 1.807) is 12.3 Å². The van der Waals surface area contributed by atoms with Gasteiger partial charge < -0.3 is 10.3 Å². The molecular weight excluding hydrogens is 152 g/mol. The van der Waals surface area contributed by atoms with Gasteiger partial charge >= 0.3 is 0 Å². The van der Waals surface area contributed by atoms with Gasteiger partial charge in [0, 0.05) is 18.3 Å². The monoisotopic (exact) mass is 164 g/mol. The molecule has 2 N–H and O–H groups in total. The lowest BCUT2D eigenvalue weighted by Gasteiger charge is -2.08. The van der Waals surface area contributed by atoms with Gasteiger partial charge in [-0.3, -0.25) is 4.79 Å². The predicted octanol–water partition coefficient (Wildman–Crippen LogP) is 0.799. The quantitative estimate of drug-likeness (QED) is 0.644. The van der Waals surface area contributed by atoms with Gasteiger partial charge in [-0.15, -0.1) is 0 Å². The lowest BCUT2D eigenvalue weighted by Crippen LogP contribution is -2.14. The van der Waals surface area contributed by atoms with Crippen LogP contribution < -0.4 is 10.9 Å². The van der Waals surface area contributed by atoms with Gasteiger partial charge in [0.1, 0.15) is 0 Å². The fourth-order valence-electron chi connectivity index (χ4n) is 1.61. The minimum atomic E-state index is -0.0308. The van der Waals surface area contributed by atoms with E-state index in [4.69, 9.17) is 0 Å². The molecule has 1 aliphatic heterocycles. The van der Waals surface area contributed by atoms with Gasteiger partial charge in [-0.05, 0) is 24.9 Å². The molecule has 0 unspecified atom stereocenters. The molecule has 12 heavy (non-hydrogen) atoms. The molecule has 1 fully saturated rings. The summed E-state index contributed by atoms with van der Waals surface area (Å²) in [6.07, 6.45) is 4.20. The van der Waals surface area contributed by atoms with Crippen molar-refractivity contribution in [3.8, 4) is 0 Å². The van der Waals surface area contributed by atoms with Crippen LogP contribution in [0.25, 0.3) is 0 Å². The summed E-state index contributed by atoms with van der Waals surface area (Å²) in [5.41, 5.74) is 1.16. The Labute approximate surface area is 70.8 Å². The van der Waals surface area contributed by atoms with E-state index in [1.807, 2.05) is 6.07 Å². The first-order chi connectivity index (χ1) is 5.86. The van der Waals surface area contributed by atoms with Crippen molar-refractivity contribution in [3.05, 3.63) is 34.2 Å². The van der Waals surface area contributed by atoms with Crippen LogP contribution in [0.1, 0.15) is 24.4 Å². The molecular formula is C9H12N2O. The molecule has 0 aromatic carbocycles. The lowest BCUT2D eigenvalue weighted by molar-refractivity contribution is 0.644. The maximum Gasteiger partial charge on any atom is 0.247 e. The van der Waals surface area contributed by atoms with Crippen LogP contribution in [0.5, 0.6) is 0 Å². The minimum Gasteiger partial charge on any atom is -0.329 e. The fourth-order valence-corrected chi connectivity index (χ4v) is 1.61. The molecule has 1 saturated heterocycles. The smallest absolute Gasteiger partial charge is 0.247 e. The highest BCUT2D eigenvalue weighted by molar-refractivity contribution is 5.14. The third-order valence-electron chi connectivity index (χ3n) is 2.27. The maximum atomic E-state index is 10.8. The van der Waals surface area contributed by atoms with Crippen LogP contribution >= 0.6 is 0 Å². The highest BCUT2D eigenvalue weighted by Gasteiger charge is 2.15. The standard InChI is InChI=1S/C9H12N2O/c12-9-4-3-7(6-11-9)8-2-1-5-10-8/h3-4,6,8,10H,1-2,5H2,(H,11,12)/t8-/m0/s1. The molecule has 1 aromatic heterocycles.